The lowest BCUT2D eigenvalue weighted by Crippen LogP contribution is -2.38. The van der Waals surface area contributed by atoms with Gasteiger partial charge in [-0.2, -0.15) is 10.2 Å². The predicted octanol–water partition coefficient (Wildman–Crippen LogP) is 4.28. The maximum absolute atomic E-state index is 12.8. The van der Waals surface area contributed by atoms with Crippen LogP contribution in [-0.2, 0) is 10.3 Å². The predicted molar refractivity (Wildman–Crippen MR) is 135 cm³/mol. The van der Waals surface area contributed by atoms with E-state index in [0.29, 0.717) is 12.1 Å². The summed E-state index contributed by atoms with van der Waals surface area (Å²) < 4.78 is 0. The maximum atomic E-state index is 12.8. The second-order valence-corrected chi connectivity index (χ2v) is 7.95. The molecule has 2 N–H and O–H groups in total. The minimum atomic E-state index is -0.584. The Hall–Kier alpha value is -3.93. The molecule has 0 unspecified atom stereocenters. The number of carbonyl (C=O) groups excluding carboxylic acids is 1. The molecular formula is C27H29N5O. The lowest BCUT2D eigenvalue weighted by molar-refractivity contribution is -0.114. The highest BCUT2D eigenvalue weighted by Gasteiger charge is 2.41. The zero-order chi connectivity index (χ0) is 23.1. The summed E-state index contributed by atoms with van der Waals surface area (Å²) >= 11 is 0. The van der Waals surface area contributed by atoms with E-state index in [4.69, 9.17) is 0 Å². The third kappa shape index (κ3) is 4.80. The number of hydrazone groups is 2. The van der Waals surface area contributed by atoms with Crippen LogP contribution >= 0.6 is 0 Å². The highest BCUT2D eigenvalue weighted by molar-refractivity contribution is 6.39. The van der Waals surface area contributed by atoms with E-state index in [1.807, 2.05) is 48.5 Å². The summed E-state index contributed by atoms with van der Waals surface area (Å²) in [5.74, 6) is -0.313. The maximum Gasteiger partial charge on any atom is 0.287 e. The summed E-state index contributed by atoms with van der Waals surface area (Å²) in [6.07, 6.45) is 2.08. The normalized spacial score (nSPS) is 14.5. The number of hydrogen-bond acceptors (Lipinski definition) is 5. The molecule has 1 aliphatic heterocycles. The molecule has 168 valence electrons. The number of rotatable bonds is 8. The van der Waals surface area contributed by atoms with Gasteiger partial charge in [-0.3, -0.25) is 10.2 Å². The third-order valence-electron chi connectivity index (χ3n) is 6.01. The first-order valence-electron chi connectivity index (χ1n) is 11.3. The summed E-state index contributed by atoms with van der Waals surface area (Å²) in [5, 5.41) is 8.54. The Balaban J connectivity index is 1.44. The zero-order valence-electron chi connectivity index (χ0n) is 19.0. The molecule has 0 saturated carbocycles. The minimum Gasteiger partial charge on any atom is -0.372 e. The van der Waals surface area contributed by atoms with Crippen LogP contribution in [-0.4, -0.2) is 30.9 Å². The number of nitrogens with zero attached hydrogens (tertiary/aromatic N) is 3. The van der Waals surface area contributed by atoms with Gasteiger partial charge in [0.2, 0.25) is 0 Å². The molecule has 1 amide bonds. The molecule has 1 aliphatic rings. The van der Waals surface area contributed by atoms with Crippen LogP contribution in [0.2, 0.25) is 0 Å². The molecule has 0 spiro atoms. The first kappa shape index (κ1) is 22.3. The third-order valence-corrected chi connectivity index (χ3v) is 6.01. The van der Waals surface area contributed by atoms with Crippen molar-refractivity contribution in [2.45, 2.75) is 25.8 Å². The van der Waals surface area contributed by atoms with Gasteiger partial charge in [-0.25, -0.2) is 5.43 Å². The van der Waals surface area contributed by atoms with E-state index in [0.717, 1.165) is 29.8 Å². The molecule has 0 aromatic heterocycles. The number of amides is 1. The molecule has 6 heteroatoms. The van der Waals surface area contributed by atoms with Crippen molar-refractivity contribution >= 4 is 23.5 Å². The van der Waals surface area contributed by atoms with Gasteiger partial charge in [0.25, 0.3) is 5.91 Å². The SMILES string of the molecule is CCN(CC)c1ccc(/C=N/NC(=O)C2=NNC(c3ccccc3)(c3ccccc3)C2)cc1. The van der Waals surface area contributed by atoms with Crippen LogP contribution in [0.4, 0.5) is 5.69 Å². The summed E-state index contributed by atoms with van der Waals surface area (Å²) in [4.78, 5) is 15.1. The fourth-order valence-corrected chi connectivity index (χ4v) is 4.16. The van der Waals surface area contributed by atoms with Crippen LogP contribution in [0.1, 0.15) is 37.0 Å². The Kier molecular flexibility index (Phi) is 6.83. The van der Waals surface area contributed by atoms with Crippen molar-refractivity contribution in [3.63, 3.8) is 0 Å². The lowest BCUT2D eigenvalue weighted by Gasteiger charge is -2.30. The summed E-state index contributed by atoms with van der Waals surface area (Å²) in [6, 6.07) is 28.3. The highest BCUT2D eigenvalue weighted by atomic mass is 16.2. The fraction of sp³-hybridized carbons (Fsp3) is 0.222. The van der Waals surface area contributed by atoms with Crippen LogP contribution < -0.4 is 15.8 Å². The summed E-state index contributed by atoms with van der Waals surface area (Å²) in [6.45, 7) is 6.20. The van der Waals surface area contributed by atoms with Gasteiger partial charge in [0.05, 0.1) is 6.21 Å². The highest BCUT2D eigenvalue weighted by Crippen LogP contribution is 2.36. The average molecular weight is 440 g/mol. The molecule has 0 bridgehead atoms. The molecule has 0 fully saturated rings. The summed E-state index contributed by atoms with van der Waals surface area (Å²) in [7, 11) is 0. The number of anilines is 1. The summed E-state index contributed by atoms with van der Waals surface area (Å²) in [5.41, 5.74) is 9.89. The smallest absolute Gasteiger partial charge is 0.287 e. The van der Waals surface area contributed by atoms with Crippen molar-refractivity contribution in [2.75, 3.05) is 18.0 Å². The topological polar surface area (TPSA) is 69.1 Å². The Morgan fingerprint density at radius 3 is 2.09 bits per heavy atom. The van der Waals surface area contributed by atoms with E-state index in [-0.39, 0.29) is 5.91 Å². The fourth-order valence-electron chi connectivity index (χ4n) is 4.16. The van der Waals surface area contributed by atoms with Crippen LogP contribution in [0.5, 0.6) is 0 Å². The van der Waals surface area contributed by atoms with Gasteiger partial charge >= 0.3 is 0 Å². The lowest BCUT2D eigenvalue weighted by atomic mass is 9.80. The molecule has 0 atom stereocenters. The second-order valence-electron chi connectivity index (χ2n) is 7.95. The van der Waals surface area contributed by atoms with Crippen molar-refractivity contribution in [2.24, 2.45) is 10.2 Å². The Labute approximate surface area is 195 Å². The molecule has 33 heavy (non-hydrogen) atoms. The molecule has 3 aromatic rings. The monoisotopic (exact) mass is 439 g/mol. The van der Waals surface area contributed by atoms with Crippen molar-refractivity contribution < 1.29 is 4.79 Å². The molecule has 0 saturated heterocycles. The van der Waals surface area contributed by atoms with Gasteiger partial charge in [-0.15, -0.1) is 0 Å². The van der Waals surface area contributed by atoms with Gasteiger partial charge in [0.15, 0.2) is 0 Å². The van der Waals surface area contributed by atoms with E-state index in [1.165, 1.54) is 5.69 Å². The quantitative estimate of drug-likeness (QED) is 0.407. The van der Waals surface area contributed by atoms with Crippen LogP contribution in [0.25, 0.3) is 0 Å². The van der Waals surface area contributed by atoms with E-state index in [9.17, 15) is 4.79 Å². The van der Waals surface area contributed by atoms with Crippen molar-refractivity contribution in [3.05, 3.63) is 102 Å². The number of benzene rings is 3. The van der Waals surface area contributed by atoms with Crippen molar-refractivity contribution in [1.82, 2.24) is 10.9 Å². The molecule has 3 aromatic carbocycles. The first-order chi connectivity index (χ1) is 16.2. The van der Waals surface area contributed by atoms with Crippen molar-refractivity contribution in [3.8, 4) is 0 Å². The van der Waals surface area contributed by atoms with E-state index >= 15 is 0 Å². The van der Waals surface area contributed by atoms with Crippen LogP contribution in [0, 0.1) is 0 Å². The van der Waals surface area contributed by atoms with E-state index in [2.05, 4.69) is 76.2 Å². The standard InChI is InChI=1S/C27H29N5O/c1-3-32(4-2)24-17-15-21(16-18-24)20-28-30-26(33)25-19-27(31-29-25,22-11-7-5-8-12-22)23-13-9-6-10-14-23/h5-18,20,31H,3-4,19H2,1-2H3,(H,30,33)/b28-20+. The Bertz CT molecular complexity index is 1080. The molecule has 6 nitrogen and oxygen atoms in total. The van der Waals surface area contributed by atoms with Gasteiger partial charge in [-0.1, -0.05) is 72.8 Å². The molecule has 4 rings (SSSR count). The van der Waals surface area contributed by atoms with Gasteiger partial charge in [0, 0.05) is 25.2 Å². The Morgan fingerprint density at radius 1 is 0.970 bits per heavy atom. The van der Waals surface area contributed by atoms with Gasteiger partial charge in [0.1, 0.15) is 11.3 Å². The van der Waals surface area contributed by atoms with Gasteiger partial charge in [-0.05, 0) is 42.7 Å². The molecule has 0 aliphatic carbocycles. The average Bonchev–Trinajstić information content (AvgIpc) is 3.34. The Morgan fingerprint density at radius 2 is 1.55 bits per heavy atom. The first-order valence-corrected chi connectivity index (χ1v) is 11.3. The van der Waals surface area contributed by atoms with Gasteiger partial charge < -0.3 is 4.90 Å². The van der Waals surface area contributed by atoms with Crippen molar-refractivity contribution in [1.29, 1.82) is 0 Å². The molecular weight excluding hydrogens is 410 g/mol. The number of nitrogens with one attached hydrogen (secondary N) is 2. The second kappa shape index (κ2) is 10.1. The van der Waals surface area contributed by atoms with Crippen LogP contribution in [0.3, 0.4) is 0 Å². The minimum absolute atomic E-state index is 0.313. The zero-order valence-corrected chi connectivity index (χ0v) is 19.0. The van der Waals surface area contributed by atoms with E-state index < -0.39 is 5.54 Å². The molecule has 1 heterocycles. The van der Waals surface area contributed by atoms with E-state index in [1.54, 1.807) is 6.21 Å². The number of carbonyl (C=O) groups is 1. The number of hydrogen-bond donors (Lipinski definition) is 2. The largest absolute Gasteiger partial charge is 0.372 e. The molecule has 0 radical (unpaired) electrons. The van der Waals surface area contributed by atoms with Crippen LogP contribution in [0.15, 0.2) is 95.1 Å².